The number of methoxy groups -OCH3 is 1. The Bertz CT molecular complexity index is 393. The number of ether oxygens (including phenoxy) is 1. The van der Waals surface area contributed by atoms with Gasteiger partial charge in [-0.3, -0.25) is 9.69 Å². The summed E-state index contributed by atoms with van der Waals surface area (Å²) in [6.45, 7) is 1.33. The number of hydrogen-bond donors (Lipinski definition) is 2. The van der Waals surface area contributed by atoms with Crippen molar-refractivity contribution in [2.24, 2.45) is 11.5 Å². The molecule has 0 bridgehead atoms. The molecule has 0 heterocycles. The molecule has 1 rings (SSSR count). The third-order valence-electron chi connectivity index (χ3n) is 2.45. The van der Waals surface area contributed by atoms with Crippen LogP contribution in [0, 0.1) is 0 Å². The van der Waals surface area contributed by atoms with E-state index in [1.54, 1.807) is 7.11 Å². The Labute approximate surface area is 101 Å². The first-order valence-corrected chi connectivity index (χ1v) is 5.39. The second-order valence-electron chi connectivity index (χ2n) is 3.99. The molecule has 1 aromatic rings. The molecule has 0 aliphatic rings. The maximum absolute atomic E-state index is 10.8. The van der Waals surface area contributed by atoms with E-state index >= 15 is 0 Å². The molecule has 5 heteroatoms. The SMILES string of the molecule is COc1cc(CN(C)CC(N)=O)ccc1CN. The number of nitrogens with zero attached hydrogens (tertiary/aromatic N) is 1. The molecule has 0 aliphatic carbocycles. The van der Waals surface area contributed by atoms with E-state index in [0.717, 1.165) is 16.9 Å². The van der Waals surface area contributed by atoms with Gasteiger partial charge in [0.2, 0.25) is 5.91 Å². The summed E-state index contributed by atoms with van der Waals surface area (Å²) >= 11 is 0. The highest BCUT2D eigenvalue weighted by molar-refractivity contribution is 5.75. The van der Waals surface area contributed by atoms with Crippen LogP contribution < -0.4 is 16.2 Å². The van der Waals surface area contributed by atoms with Crippen LogP contribution in [0.25, 0.3) is 0 Å². The normalized spacial score (nSPS) is 10.6. The largest absolute Gasteiger partial charge is 0.496 e. The smallest absolute Gasteiger partial charge is 0.231 e. The third kappa shape index (κ3) is 4.05. The van der Waals surface area contributed by atoms with Gasteiger partial charge < -0.3 is 16.2 Å². The molecule has 17 heavy (non-hydrogen) atoms. The van der Waals surface area contributed by atoms with E-state index in [2.05, 4.69) is 0 Å². The van der Waals surface area contributed by atoms with E-state index in [1.807, 2.05) is 30.1 Å². The lowest BCUT2D eigenvalue weighted by atomic mass is 10.1. The Balaban J connectivity index is 2.75. The Morgan fingerprint density at radius 3 is 2.71 bits per heavy atom. The Morgan fingerprint density at radius 2 is 2.18 bits per heavy atom. The molecule has 0 aromatic heterocycles. The van der Waals surface area contributed by atoms with Crippen LogP contribution in [-0.2, 0) is 17.9 Å². The van der Waals surface area contributed by atoms with Crippen LogP contribution in [0.4, 0.5) is 0 Å². The van der Waals surface area contributed by atoms with Gasteiger partial charge in [-0.2, -0.15) is 0 Å². The minimum absolute atomic E-state index is 0.237. The van der Waals surface area contributed by atoms with Crippen LogP contribution in [0.3, 0.4) is 0 Å². The molecule has 0 aliphatic heterocycles. The van der Waals surface area contributed by atoms with Crippen molar-refractivity contribution in [3.63, 3.8) is 0 Å². The molecule has 4 N–H and O–H groups in total. The lowest BCUT2D eigenvalue weighted by Gasteiger charge is -2.16. The first-order valence-electron chi connectivity index (χ1n) is 5.39. The number of rotatable bonds is 6. The fourth-order valence-corrected chi connectivity index (χ4v) is 1.69. The first-order chi connectivity index (χ1) is 8.06. The highest BCUT2D eigenvalue weighted by Gasteiger charge is 2.06. The number of carbonyl (C=O) groups excluding carboxylic acids is 1. The molecular weight excluding hydrogens is 218 g/mol. The number of benzene rings is 1. The van der Waals surface area contributed by atoms with Gasteiger partial charge in [0, 0.05) is 18.7 Å². The van der Waals surface area contributed by atoms with Gasteiger partial charge in [0.05, 0.1) is 13.7 Å². The number of primary amides is 1. The zero-order valence-corrected chi connectivity index (χ0v) is 10.3. The molecule has 0 spiro atoms. The molecule has 0 radical (unpaired) electrons. The molecule has 94 valence electrons. The summed E-state index contributed by atoms with van der Waals surface area (Å²) < 4.78 is 5.25. The second kappa shape index (κ2) is 6.22. The monoisotopic (exact) mass is 237 g/mol. The van der Waals surface area contributed by atoms with Gasteiger partial charge in [-0.1, -0.05) is 12.1 Å². The standard InChI is InChI=1S/C12H19N3O2/c1-15(8-12(14)16)7-9-3-4-10(6-13)11(5-9)17-2/h3-5H,6-8,13H2,1-2H3,(H2,14,16). The Hall–Kier alpha value is -1.59. The average molecular weight is 237 g/mol. The Morgan fingerprint density at radius 1 is 1.47 bits per heavy atom. The van der Waals surface area contributed by atoms with Crippen molar-refractivity contribution in [1.82, 2.24) is 4.90 Å². The van der Waals surface area contributed by atoms with Gasteiger partial charge in [-0.15, -0.1) is 0 Å². The highest BCUT2D eigenvalue weighted by atomic mass is 16.5. The first kappa shape index (κ1) is 13.5. The van der Waals surface area contributed by atoms with E-state index in [0.29, 0.717) is 13.1 Å². The van der Waals surface area contributed by atoms with Crippen molar-refractivity contribution in [2.75, 3.05) is 20.7 Å². The zero-order chi connectivity index (χ0) is 12.8. The molecule has 1 aromatic carbocycles. The summed E-state index contributed by atoms with van der Waals surface area (Å²) in [7, 11) is 3.46. The van der Waals surface area contributed by atoms with Gasteiger partial charge >= 0.3 is 0 Å². The van der Waals surface area contributed by atoms with E-state index in [9.17, 15) is 4.79 Å². The minimum atomic E-state index is -0.335. The van der Waals surface area contributed by atoms with E-state index in [4.69, 9.17) is 16.2 Å². The summed E-state index contributed by atoms with van der Waals surface area (Å²) in [5, 5.41) is 0. The summed E-state index contributed by atoms with van der Waals surface area (Å²) in [4.78, 5) is 12.6. The van der Waals surface area contributed by atoms with Gasteiger partial charge in [0.1, 0.15) is 5.75 Å². The van der Waals surface area contributed by atoms with Crippen molar-refractivity contribution in [1.29, 1.82) is 0 Å². The number of likely N-dealkylation sites (N-methyl/N-ethyl adjacent to an activating group) is 1. The van der Waals surface area contributed by atoms with Gasteiger partial charge in [-0.05, 0) is 18.7 Å². The molecule has 1 amide bonds. The van der Waals surface area contributed by atoms with E-state index in [1.165, 1.54) is 0 Å². The van der Waals surface area contributed by atoms with Crippen LogP contribution >= 0.6 is 0 Å². The van der Waals surface area contributed by atoms with Crippen molar-refractivity contribution < 1.29 is 9.53 Å². The fourth-order valence-electron chi connectivity index (χ4n) is 1.69. The molecule has 0 fully saturated rings. The lowest BCUT2D eigenvalue weighted by molar-refractivity contribution is -0.118. The van der Waals surface area contributed by atoms with E-state index < -0.39 is 0 Å². The quantitative estimate of drug-likeness (QED) is 0.733. The van der Waals surface area contributed by atoms with Crippen molar-refractivity contribution in [3.8, 4) is 5.75 Å². The lowest BCUT2D eigenvalue weighted by Crippen LogP contribution is -2.30. The number of nitrogens with two attached hydrogens (primary N) is 2. The van der Waals surface area contributed by atoms with E-state index in [-0.39, 0.29) is 12.5 Å². The molecule has 0 saturated carbocycles. The zero-order valence-electron chi connectivity index (χ0n) is 10.3. The summed E-state index contributed by atoms with van der Waals surface area (Å²) in [5.41, 5.74) is 12.7. The number of hydrogen-bond acceptors (Lipinski definition) is 4. The predicted octanol–water partition coefficient (Wildman–Crippen LogP) is 0.0710. The topological polar surface area (TPSA) is 81.6 Å². The van der Waals surface area contributed by atoms with Gasteiger partial charge in [0.25, 0.3) is 0 Å². The average Bonchev–Trinajstić information content (AvgIpc) is 2.27. The maximum atomic E-state index is 10.8. The summed E-state index contributed by atoms with van der Waals surface area (Å²) in [6.07, 6.45) is 0. The summed E-state index contributed by atoms with van der Waals surface area (Å²) in [6, 6.07) is 5.84. The third-order valence-corrected chi connectivity index (χ3v) is 2.45. The maximum Gasteiger partial charge on any atom is 0.231 e. The molecular formula is C12H19N3O2. The van der Waals surface area contributed by atoms with Crippen LogP contribution in [-0.4, -0.2) is 31.5 Å². The van der Waals surface area contributed by atoms with Gasteiger partial charge in [0.15, 0.2) is 0 Å². The van der Waals surface area contributed by atoms with Crippen LogP contribution in [0.1, 0.15) is 11.1 Å². The molecule has 0 unspecified atom stereocenters. The molecule has 5 nitrogen and oxygen atoms in total. The predicted molar refractivity (Wildman–Crippen MR) is 66.4 cm³/mol. The fraction of sp³-hybridized carbons (Fsp3) is 0.417. The summed E-state index contributed by atoms with van der Waals surface area (Å²) in [5.74, 6) is 0.440. The highest BCUT2D eigenvalue weighted by Crippen LogP contribution is 2.20. The number of amides is 1. The van der Waals surface area contributed by atoms with Crippen LogP contribution in [0.2, 0.25) is 0 Å². The van der Waals surface area contributed by atoms with Gasteiger partial charge in [-0.25, -0.2) is 0 Å². The van der Waals surface area contributed by atoms with Crippen molar-refractivity contribution in [3.05, 3.63) is 29.3 Å². The Kier molecular flexibility index (Phi) is 4.93. The van der Waals surface area contributed by atoms with Crippen LogP contribution in [0.15, 0.2) is 18.2 Å². The molecule has 0 saturated heterocycles. The number of carbonyl (C=O) groups is 1. The second-order valence-corrected chi connectivity index (χ2v) is 3.99. The van der Waals surface area contributed by atoms with Crippen molar-refractivity contribution in [2.45, 2.75) is 13.1 Å². The minimum Gasteiger partial charge on any atom is -0.496 e. The van der Waals surface area contributed by atoms with Crippen molar-refractivity contribution >= 4 is 5.91 Å². The van der Waals surface area contributed by atoms with Crippen LogP contribution in [0.5, 0.6) is 5.75 Å². The molecule has 0 atom stereocenters.